The van der Waals surface area contributed by atoms with E-state index >= 15 is 0 Å². The van der Waals surface area contributed by atoms with Gasteiger partial charge in [0.2, 0.25) is 5.91 Å². The lowest BCUT2D eigenvalue weighted by Gasteiger charge is -2.15. The molecule has 0 radical (unpaired) electrons. The molecule has 9 heteroatoms. The zero-order valence-electron chi connectivity index (χ0n) is 17.8. The number of thioether (sulfide) groups is 1. The van der Waals surface area contributed by atoms with Gasteiger partial charge in [-0.25, -0.2) is 0 Å². The van der Waals surface area contributed by atoms with Gasteiger partial charge in [-0.3, -0.25) is 9.59 Å². The minimum atomic E-state index is -0.382. The Labute approximate surface area is 196 Å². The number of aromatic nitrogens is 3. The molecule has 0 saturated carbocycles. The first kappa shape index (κ1) is 23.6. The lowest BCUT2D eigenvalue weighted by Crippen LogP contribution is -2.28. The van der Waals surface area contributed by atoms with Crippen LogP contribution in [0.15, 0.2) is 66.3 Å². The minimum Gasteiger partial charge on any atom is -0.342 e. The molecular formula is C23H24ClN5O2S. The molecule has 2 amide bonds. The van der Waals surface area contributed by atoms with Crippen molar-refractivity contribution >= 4 is 40.9 Å². The SMILES string of the molecule is C=CCn1c(SCC(=O)Nc2ccc(Cl)cc2)nnc1[C@H](C)NC(=O)c1cccc(C)c1. The number of carbonyl (C=O) groups is 2. The van der Waals surface area contributed by atoms with Crippen LogP contribution in [0.25, 0.3) is 0 Å². The Morgan fingerprint density at radius 1 is 1.22 bits per heavy atom. The van der Waals surface area contributed by atoms with Gasteiger partial charge in [-0.2, -0.15) is 0 Å². The number of allylic oxidation sites excluding steroid dienone is 1. The third-order valence-electron chi connectivity index (χ3n) is 4.53. The molecule has 1 heterocycles. The molecule has 1 aromatic heterocycles. The largest absolute Gasteiger partial charge is 0.342 e. The fourth-order valence-corrected chi connectivity index (χ4v) is 3.90. The van der Waals surface area contributed by atoms with Crippen LogP contribution in [0, 0.1) is 6.92 Å². The van der Waals surface area contributed by atoms with E-state index in [0.29, 0.717) is 33.8 Å². The van der Waals surface area contributed by atoms with Crippen molar-refractivity contribution in [3.8, 4) is 0 Å². The highest BCUT2D eigenvalue weighted by atomic mass is 35.5. The van der Waals surface area contributed by atoms with E-state index in [0.717, 1.165) is 5.56 Å². The van der Waals surface area contributed by atoms with E-state index in [1.807, 2.05) is 36.6 Å². The second-order valence-corrected chi connectivity index (χ2v) is 8.53. The van der Waals surface area contributed by atoms with Gasteiger partial charge in [0.1, 0.15) is 0 Å². The predicted octanol–water partition coefficient (Wildman–Crippen LogP) is 4.65. The molecule has 0 spiro atoms. The molecule has 3 rings (SSSR count). The summed E-state index contributed by atoms with van der Waals surface area (Å²) >= 11 is 7.13. The van der Waals surface area contributed by atoms with E-state index in [4.69, 9.17) is 11.6 Å². The van der Waals surface area contributed by atoms with E-state index in [2.05, 4.69) is 27.4 Å². The number of hydrogen-bond acceptors (Lipinski definition) is 5. The standard InChI is InChI=1S/C23H24ClN5O2S/c1-4-12-29-21(16(3)25-22(31)17-7-5-6-15(2)13-17)27-28-23(29)32-14-20(30)26-19-10-8-18(24)9-11-19/h4-11,13,16H,1,12,14H2,2-3H3,(H,25,31)(H,26,30)/t16-/m0/s1. The lowest BCUT2D eigenvalue weighted by molar-refractivity contribution is -0.113. The van der Waals surface area contributed by atoms with Crippen LogP contribution in [-0.4, -0.2) is 32.3 Å². The third-order valence-corrected chi connectivity index (χ3v) is 5.75. The van der Waals surface area contributed by atoms with Crippen molar-refractivity contribution in [2.24, 2.45) is 0 Å². The molecule has 2 aromatic carbocycles. The van der Waals surface area contributed by atoms with Crippen LogP contribution in [-0.2, 0) is 11.3 Å². The van der Waals surface area contributed by atoms with E-state index in [-0.39, 0.29) is 23.6 Å². The number of hydrogen-bond donors (Lipinski definition) is 2. The Morgan fingerprint density at radius 2 is 1.97 bits per heavy atom. The predicted molar refractivity (Wildman–Crippen MR) is 128 cm³/mol. The molecule has 166 valence electrons. The smallest absolute Gasteiger partial charge is 0.251 e. The summed E-state index contributed by atoms with van der Waals surface area (Å²) in [6.45, 7) is 8.03. The van der Waals surface area contributed by atoms with Crippen molar-refractivity contribution in [1.29, 1.82) is 0 Å². The van der Waals surface area contributed by atoms with Gasteiger partial charge in [0.15, 0.2) is 11.0 Å². The average molecular weight is 470 g/mol. The summed E-state index contributed by atoms with van der Waals surface area (Å²) in [4.78, 5) is 24.9. The number of anilines is 1. The van der Waals surface area contributed by atoms with Gasteiger partial charge in [0.25, 0.3) is 5.91 Å². The van der Waals surface area contributed by atoms with Crippen molar-refractivity contribution in [3.05, 3.63) is 83.2 Å². The molecule has 0 saturated heterocycles. The highest BCUT2D eigenvalue weighted by Gasteiger charge is 2.20. The molecule has 0 aliphatic heterocycles. The first-order valence-corrected chi connectivity index (χ1v) is 11.3. The van der Waals surface area contributed by atoms with Gasteiger partial charge in [0, 0.05) is 22.8 Å². The van der Waals surface area contributed by atoms with E-state index in [1.165, 1.54) is 11.8 Å². The molecule has 3 aromatic rings. The molecule has 0 aliphatic carbocycles. The molecule has 0 aliphatic rings. The van der Waals surface area contributed by atoms with Gasteiger partial charge < -0.3 is 15.2 Å². The number of halogens is 1. The zero-order valence-corrected chi connectivity index (χ0v) is 19.4. The van der Waals surface area contributed by atoms with Crippen molar-refractivity contribution < 1.29 is 9.59 Å². The summed E-state index contributed by atoms with van der Waals surface area (Å²) < 4.78 is 1.84. The molecule has 0 unspecified atom stereocenters. The maximum absolute atomic E-state index is 12.6. The number of nitrogens with one attached hydrogen (secondary N) is 2. The fourth-order valence-electron chi connectivity index (χ4n) is 3.02. The van der Waals surface area contributed by atoms with Crippen molar-refractivity contribution in [2.75, 3.05) is 11.1 Å². The van der Waals surface area contributed by atoms with Crippen LogP contribution in [0.3, 0.4) is 0 Å². The second-order valence-electron chi connectivity index (χ2n) is 7.15. The number of rotatable bonds is 9. The molecule has 32 heavy (non-hydrogen) atoms. The molecule has 1 atom stereocenters. The minimum absolute atomic E-state index is 0.155. The lowest BCUT2D eigenvalue weighted by atomic mass is 10.1. The van der Waals surface area contributed by atoms with Crippen LogP contribution in [0.5, 0.6) is 0 Å². The fraction of sp³-hybridized carbons (Fsp3) is 0.217. The van der Waals surface area contributed by atoms with Crippen molar-refractivity contribution in [1.82, 2.24) is 20.1 Å². The van der Waals surface area contributed by atoms with Crippen LogP contribution in [0.2, 0.25) is 5.02 Å². The van der Waals surface area contributed by atoms with Gasteiger partial charge in [0.05, 0.1) is 11.8 Å². The summed E-state index contributed by atoms with van der Waals surface area (Å²) in [5.74, 6) is 0.382. The Balaban J connectivity index is 1.66. The van der Waals surface area contributed by atoms with Gasteiger partial charge >= 0.3 is 0 Å². The normalized spacial score (nSPS) is 11.6. The summed E-state index contributed by atoms with van der Waals surface area (Å²) in [5, 5.41) is 15.4. The number of carbonyl (C=O) groups excluding carboxylic acids is 2. The third kappa shape index (κ3) is 6.21. The van der Waals surface area contributed by atoms with Crippen molar-refractivity contribution in [2.45, 2.75) is 31.6 Å². The summed E-state index contributed by atoms with van der Waals surface area (Å²) in [6.07, 6.45) is 1.72. The highest BCUT2D eigenvalue weighted by molar-refractivity contribution is 7.99. The Kier molecular flexibility index (Phi) is 8.08. The first-order chi connectivity index (χ1) is 15.4. The molecular weight excluding hydrogens is 446 g/mol. The monoisotopic (exact) mass is 469 g/mol. The number of aryl methyl sites for hydroxylation is 1. The van der Waals surface area contributed by atoms with E-state index in [1.54, 1.807) is 36.4 Å². The number of amides is 2. The maximum Gasteiger partial charge on any atom is 0.251 e. The number of benzene rings is 2. The highest BCUT2D eigenvalue weighted by Crippen LogP contribution is 2.22. The van der Waals surface area contributed by atoms with Crippen LogP contribution < -0.4 is 10.6 Å². The first-order valence-electron chi connectivity index (χ1n) is 9.97. The molecule has 0 bridgehead atoms. The quantitative estimate of drug-likeness (QED) is 0.352. The summed E-state index contributed by atoms with van der Waals surface area (Å²) in [7, 11) is 0. The summed E-state index contributed by atoms with van der Waals surface area (Å²) in [5.41, 5.74) is 2.26. The number of nitrogens with zero attached hydrogens (tertiary/aromatic N) is 3. The molecule has 7 nitrogen and oxygen atoms in total. The maximum atomic E-state index is 12.6. The Bertz CT molecular complexity index is 1110. The van der Waals surface area contributed by atoms with E-state index in [9.17, 15) is 9.59 Å². The van der Waals surface area contributed by atoms with Gasteiger partial charge in [-0.1, -0.05) is 47.1 Å². The van der Waals surface area contributed by atoms with E-state index < -0.39 is 0 Å². The molecule has 0 fully saturated rings. The zero-order chi connectivity index (χ0) is 23.1. The van der Waals surface area contributed by atoms with Gasteiger partial charge in [-0.05, 0) is 50.2 Å². The topological polar surface area (TPSA) is 88.9 Å². The second kappa shape index (κ2) is 11.0. The van der Waals surface area contributed by atoms with Crippen LogP contribution >= 0.6 is 23.4 Å². The van der Waals surface area contributed by atoms with Crippen molar-refractivity contribution in [3.63, 3.8) is 0 Å². The van der Waals surface area contributed by atoms with Gasteiger partial charge in [-0.15, -0.1) is 16.8 Å². The summed E-state index contributed by atoms with van der Waals surface area (Å²) in [6, 6.07) is 13.9. The van der Waals surface area contributed by atoms with Crippen LogP contribution in [0.1, 0.15) is 34.7 Å². The average Bonchev–Trinajstić information content (AvgIpc) is 3.17. The Morgan fingerprint density at radius 3 is 2.66 bits per heavy atom. The van der Waals surface area contributed by atoms with Crippen LogP contribution in [0.4, 0.5) is 5.69 Å². The molecule has 2 N–H and O–H groups in total. The Hall–Kier alpha value is -3.10.